The molecular formula is C24H22BF4N3O5S. The second kappa shape index (κ2) is 9.61. The lowest BCUT2D eigenvalue weighted by Gasteiger charge is -2.51. The van der Waals surface area contributed by atoms with Crippen molar-refractivity contribution in [3.63, 3.8) is 0 Å². The summed E-state index contributed by atoms with van der Waals surface area (Å²) in [6.07, 6.45) is -5.83. The van der Waals surface area contributed by atoms with Gasteiger partial charge in [0.2, 0.25) is 0 Å². The molecule has 38 heavy (non-hydrogen) atoms. The molecule has 14 heteroatoms. The molecule has 0 radical (unpaired) electrons. The molecule has 3 atom stereocenters. The average Bonchev–Trinajstić information content (AvgIpc) is 3.01. The molecule has 0 bridgehead atoms. The molecule has 1 fully saturated rings. The fourth-order valence-electron chi connectivity index (χ4n) is 4.85. The van der Waals surface area contributed by atoms with Gasteiger partial charge in [0.05, 0.1) is 12.7 Å². The largest absolute Gasteiger partial charge is 0.507 e. The van der Waals surface area contributed by atoms with Crippen LogP contribution >= 0.6 is 11.8 Å². The molecular weight excluding hydrogens is 529 g/mol. The SMILES string of the molecule is C[C@@H](N1CN([C@H]2c3ccc(F)cc3CSc3ccccc32)N2C=C(B(O)O)C(O)C(O)=C2C1=O)C(F)(F)F. The monoisotopic (exact) mass is 551 g/mol. The first-order valence-electron chi connectivity index (χ1n) is 11.5. The van der Waals surface area contributed by atoms with Crippen LogP contribution in [0.2, 0.25) is 0 Å². The number of halogens is 4. The Labute approximate surface area is 219 Å². The van der Waals surface area contributed by atoms with E-state index >= 15 is 0 Å². The van der Waals surface area contributed by atoms with E-state index in [0.29, 0.717) is 27.3 Å². The Morgan fingerprint density at radius 1 is 1.13 bits per heavy atom. The zero-order valence-electron chi connectivity index (χ0n) is 19.8. The lowest BCUT2D eigenvalue weighted by molar-refractivity contribution is -0.204. The number of thioether (sulfide) groups is 1. The smallest absolute Gasteiger partial charge is 0.488 e. The molecule has 0 spiro atoms. The normalized spacial score (nSPS) is 22.8. The Hall–Kier alpha value is -3.04. The number of hydrogen-bond donors (Lipinski definition) is 4. The summed E-state index contributed by atoms with van der Waals surface area (Å²) in [6, 6.07) is 8.00. The van der Waals surface area contributed by atoms with Crippen LogP contribution in [-0.2, 0) is 10.5 Å². The van der Waals surface area contributed by atoms with E-state index in [1.54, 1.807) is 18.2 Å². The van der Waals surface area contributed by atoms with Crippen molar-refractivity contribution in [2.45, 2.75) is 41.9 Å². The van der Waals surface area contributed by atoms with Crippen molar-refractivity contribution in [2.75, 3.05) is 6.67 Å². The summed E-state index contributed by atoms with van der Waals surface area (Å²) in [5, 5.41) is 43.3. The van der Waals surface area contributed by atoms with Crippen LogP contribution in [0.4, 0.5) is 17.6 Å². The number of carbonyl (C=O) groups is 1. The lowest BCUT2D eigenvalue weighted by atomic mass is 9.74. The third kappa shape index (κ3) is 4.35. The Morgan fingerprint density at radius 2 is 1.84 bits per heavy atom. The highest BCUT2D eigenvalue weighted by Crippen LogP contribution is 2.46. The van der Waals surface area contributed by atoms with E-state index in [-0.39, 0.29) is 0 Å². The molecule has 2 aromatic rings. The molecule has 3 aliphatic rings. The summed E-state index contributed by atoms with van der Waals surface area (Å²) >= 11 is 1.41. The lowest BCUT2D eigenvalue weighted by Crippen LogP contribution is -2.63. The zero-order valence-corrected chi connectivity index (χ0v) is 20.6. The number of aliphatic hydroxyl groups excluding tert-OH is 2. The molecule has 2 aromatic carbocycles. The maximum Gasteiger partial charge on any atom is 0.488 e. The van der Waals surface area contributed by atoms with E-state index in [4.69, 9.17) is 0 Å². The number of nitrogens with zero attached hydrogens (tertiary/aromatic N) is 3. The quantitative estimate of drug-likeness (QED) is 0.341. The molecule has 0 aliphatic carbocycles. The molecule has 5 rings (SSSR count). The minimum atomic E-state index is -4.81. The van der Waals surface area contributed by atoms with E-state index in [9.17, 15) is 42.6 Å². The molecule has 4 N–H and O–H groups in total. The van der Waals surface area contributed by atoms with Gasteiger partial charge in [-0.05, 0) is 41.8 Å². The Kier molecular flexibility index (Phi) is 6.72. The van der Waals surface area contributed by atoms with Crippen molar-refractivity contribution in [2.24, 2.45) is 0 Å². The van der Waals surface area contributed by atoms with Crippen molar-refractivity contribution in [3.05, 3.63) is 88.1 Å². The minimum Gasteiger partial charge on any atom is -0.507 e. The summed E-state index contributed by atoms with van der Waals surface area (Å²) in [6.45, 7) is 0.180. The van der Waals surface area contributed by atoms with Crippen molar-refractivity contribution < 1.29 is 42.6 Å². The van der Waals surface area contributed by atoms with Gasteiger partial charge in [-0.1, -0.05) is 24.3 Å². The molecule has 1 amide bonds. The van der Waals surface area contributed by atoms with E-state index in [1.165, 1.54) is 35.0 Å². The highest BCUT2D eigenvalue weighted by molar-refractivity contribution is 7.98. The van der Waals surface area contributed by atoms with Crippen LogP contribution in [0.5, 0.6) is 0 Å². The van der Waals surface area contributed by atoms with Crippen LogP contribution in [0.25, 0.3) is 0 Å². The third-order valence-corrected chi connectivity index (χ3v) is 8.03. The van der Waals surface area contributed by atoms with E-state index in [0.717, 1.165) is 23.0 Å². The Bertz CT molecular complexity index is 1350. The van der Waals surface area contributed by atoms with Gasteiger partial charge in [-0.2, -0.15) is 18.2 Å². The molecule has 0 saturated carbocycles. The van der Waals surface area contributed by atoms with Gasteiger partial charge in [0, 0.05) is 22.3 Å². The second-order valence-electron chi connectivity index (χ2n) is 9.13. The van der Waals surface area contributed by atoms with Gasteiger partial charge in [0.1, 0.15) is 18.0 Å². The fraction of sp³-hybridized carbons (Fsp3) is 0.292. The summed E-state index contributed by atoms with van der Waals surface area (Å²) in [7, 11) is -2.24. The van der Waals surface area contributed by atoms with Gasteiger partial charge in [0.25, 0.3) is 5.91 Å². The molecule has 8 nitrogen and oxygen atoms in total. The summed E-state index contributed by atoms with van der Waals surface area (Å²) in [4.78, 5) is 14.6. The van der Waals surface area contributed by atoms with Gasteiger partial charge in [-0.25, -0.2) is 4.39 Å². The van der Waals surface area contributed by atoms with Crippen LogP contribution in [0.1, 0.15) is 29.7 Å². The van der Waals surface area contributed by atoms with Crippen LogP contribution in [-0.4, -0.2) is 73.2 Å². The third-order valence-electron chi connectivity index (χ3n) is 6.89. The van der Waals surface area contributed by atoms with Gasteiger partial charge in [-0.3, -0.25) is 9.80 Å². The fourth-order valence-corrected chi connectivity index (χ4v) is 5.93. The number of amides is 1. The van der Waals surface area contributed by atoms with Gasteiger partial charge in [-0.15, -0.1) is 11.8 Å². The van der Waals surface area contributed by atoms with Gasteiger partial charge >= 0.3 is 13.3 Å². The first-order chi connectivity index (χ1) is 17.9. The second-order valence-corrected chi connectivity index (χ2v) is 10.1. The highest BCUT2D eigenvalue weighted by Gasteiger charge is 2.51. The Balaban J connectivity index is 1.76. The topological polar surface area (TPSA) is 108 Å². The molecule has 3 heterocycles. The number of aliphatic hydroxyl groups is 2. The number of hydrogen-bond acceptors (Lipinski definition) is 8. The van der Waals surface area contributed by atoms with Crippen LogP contribution < -0.4 is 0 Å². The van der Waals surface area contributed by atoms with Crippen LogP contribution in [0.3, 0.4) is 0 Å². The number of rotatable bonds is 3. The number of fused-ring (bicyclic) bond motifs is 3. The van der Waals surface area contributed by atoms with Gasteiger partial charge in [0.15, 0.2) is 11.5 Å². The van der Waals surface area contributed by atoms with Crippen LogP contribution in [0, 0.1) is 5.82 Å². The maximum absolute atomic E-state index is 14.2. The Morgan fingerprint density at radius 3 is 2.53 bits per heavy atom. The average molecular weight is 551 g/mol. The number of alkyl halides is 3. The van der Waals surface area contributed by atoms with Crippen molar-refractivity contribution >= 4 is 24.8 Å². The molecule has 1 saturated heterocycles. The molecule has 200 valence electrons. The summed E-state index contributed by atoms with van der Waals surface area (Å²) in [5.74, 6) is -2.37. The molecule has 0 aromatic heterocycles. The van der Waals surface area contributed by atoms with Gasteiger partial charge < -0.3 is 25.2 Å². The van der Waals surface area contributed by atoms with E-state index in [2.05, 4.69) is 0 Å². The maximum atomic E-state index is 14.2. The summed E-state index contributed by atoms with van der Waals surface area (Å²) in [5.41, 5.74) is 0.601. The number of benzene rings is 2. The zero-order chi connectivity index (χ0) is 27.5. The first kappa shape index (κ1) is 26.6. The molecule has 1 unspecified atom stereocenters. The van der Waals surface area contributed by atoms with Crippen LogP contribution in [0.15, 0.2) is 70.5 Å². The molecule has 3 aliphatic heterocycles. The number of hydrazine groups is 1. The van der Waals surface area contributed by atoms with Crippen molar-refractivity contribution in [3.8, 4) is 0 Å². The number of carbonyl (C=O) groups excluding carboxylic acids is 1. The first-order valence-corrected chi connectivity index (χ1v) is 12.5. The standard InChI is InChI=1S/C24H22BF4N3O5S/c1-12(24(27,28)29)30-11-32(31-9-17(25(36)37)21(33)22(34)20(31)23(30)35)19-15-7-6-14(26)8-13(15)10-38-18-5-3-2-4-16(18)19/h2-9,12,19,21,33-34,36-37H,10-11H2,1H3/t12-,19+,21?/m1/s1. The predicted molar refractivity (Wildman–Crippen MR) is 129 cm³/mol. The van der Waals surface area contributed by atoms with E-state index in [1.807, 2.05) is 6.07 Å². The van der Waals surface area contributed by atoms with Crippen molar-refractivity contribution in [1.82, 2.24) is 14.9 Å². The highest BCUT2D eigenvalue weighted by atomic mass is 32.2. The summed E-state index contributed by atoms with van der Waals surface area (Å²) < 4.78 is 55.8. The predicted octanol–water partition coefficient (Wildman–Crippen LogP) is 2.83. The van der Waals surface area contributed by atoms with Crippen molar-refractivity contribution in [1.29, 1.82) is 0 Å². The van der Waals surface area contributed by atoms with E-state index < -0.39 is 66.8 Å². The minimum absolute atomic E-state index is 0.360.